The van der Waals surface area contributed by atoms with E-state index in [0.717, 1.165) is 0 Å². The molecular formula is C17H32N8O6S. The van der Waals surface area contributed by atoms with Crippen LogP contribution in [0.3, 0.4) is 0 Å². The number of primary amides is 1. The summed E-state index contributed by atoms with van der Waals surface area (Å²) in [5, 5.41) is 15.9. The molecule has 14 nitrogen and oxygen atoms in total. The third-order valence-corrected chi connectivity index (χ3v) is 4.64. The summed E-state index contributed by atoms with van der Waals surface area (Å²) in [6.07, 6.45) is 2.06. The number of guanidine groups is 1. The molecule has 0 aliphatic rings. The van der Waals surface area contributed by atoms with Gasteiger partial charge in [0, 0.05) is 6.54 Å². The zero-order valence-electron chi connectivity index (χ0n) is 17.8. The second-order valence-corrected chi connectivity index (χ2v) is 7.73. The maximum absolute atomic E-state index is 12.8. The molecule has 3 atom stereocenters. The van der Waals surface area contributed by atoms with Crippen LogP contribution in [0, 0.1) is 0 Å². The van der Waals surface area contributed by atoms with Crippen LogP contribution in [0.5, 0.6) is 0 Å². The van der Waals surface area contributed by atoms with E-state index >= 15 is 0 Å². The summed E-state index contributed by atoms with van der Waals surface area (Å²) < 4.78 is 0. The van der Waals surface area contributed by atoms with Crippen molar-refractivity contribution in [3.05, 3.63) is 0 Å². The number of hydrogen-bond donors (Lipinski definition) is 8. The first-order valence-electron chi connectivity index (χ1n) is 9.66. The van der Waals surface area contributed by atoms with Gasteiger partial charge in [-0.2, -0.15) is 11.8 Å². The highest BCUT2D eigenvalue weighted by atomic mass is 32.2. The topological polar surface area (TPSA) is 258 Å². The Hall–Kier alpha value is -3.07. The van der Waals surface area contributed by atoms with Crippen molar-refractivity contribution < 1.29 is 29.1 Å². The van der Waals surface area contributed by atoms with Crippen molar-refractivity contribution in [2.75, 3.05) is 25.1 Å². The average molecular weight is 477 g/mol. The van der Waals surface area contributed by atoms with Crippen LogP contribution in [0.15, 0.2) is 4.99 Å². The van der Waals surface area contributed by atoms with Crippen LogP contribution in [0.4, 0.5) is 0 Å². The van der Waals surface area contributed by atoms with Crippen molar-refractivity contribution in [1.82, 2.24) is 16.0 Å². The first-order valence-corrected chi connectivity index (χ1v) is 11.1. The fourth-order valence-electron chi connectivity index (χ4n) is 2.42. The fraction of sp³-hybridized carbons (Fsp3) is 0.647. The molecule has 0 saturated heterocycles. The van der Waals surface area contributed by atoms with E-state index in [1.807, 2.05) is 0 Å². The number of hydrogen-bond acceptors (Lipinski definition) is 8. The predicted molar refractivity (Wildman–Crippen MR) is 119 cm³/mol. The second-order valence-electron chi connectivity index (χ2n) is 6.74. The quantitative estimate of drug-likeness (QED) is 0.0611. The number of carbonyl (C=O) groups excluding carboxylic acids is 4. The van der Waals surface area contributed by atoms with Gasteiger partial charge in [-0.05, 0) is 31.3 Å². The molecule has 0 bridgehead atoms. The van der Waals surface area contributed by atoms with Crippen molar-refractivity contribution in [2.24, 2.45) is 27.9 Å². The maximum Gasteiger partial charge on any atom is 0.322 e. The second kappa shape index (κ2) is 15.7. The summed E-state index contributed by atoms with van der Waals surface area (Å²) in [5.74, 6) is -3.78. The van der Waals surface area contributed by atoms with Gasteiger partial charge in [-0.15, -0.1) is 0 Å². The van der Waals surface area contributed by atoms with Crippen LogP contribution in [0.25, 0.3) is 0 Å². The Labute approximate surface area is 189 Å². The van der Waals surface area contributed by atoms with Gasteiger partial charge in [-0.25, -0.2) is 0 Å². The van der Waals surface area contributed by atoms with Gasteiger partial charge >= 0.3 is 5.97 Å². The number of carboxylic acids is 1. The van der Waals surface area contributed by atoms with Gasteiger partial charge in [0.05, 0.1) is 12.5 Å². The van der Waals surface area contributed by atoms with Gasteiger partial charge < -0.3 is 44.0 Å². The number of nitrogens with two attached hydrogens (primary N) is 4. The van der Waals surface area contributed by atoms with Gasteiger partial charge in [0.15, 0.2) is 5.96 Å². The van der Waals surface area contributed by atoms with E-state index in [-0.39, 0.29) is 25.3 Å². The number of amides is 4. The largest absolute Gasteiger partial charge is 0.480 e. The van der Waals surface area contributed by atoms with Crippen LogP contribution in [0.1, 0.15) is 25.7 Å². The Morgan fingerprint density at radius 3 is 2.09 bits per heavy atom. The number of nitrogens with zero attached hydrogens (tertiary/aromatic N) is 1. The Kier molecular flexibility index (Phi) is 14.2. The third kappa shape index (κ3) is 13.3. The molecule has 0 aromatic heterocycles. The van der Waals surface area contributed by atoms with Crippen molar-refractivity contribution in [1.29, 1.82) is 0 Å². The van der Waals surface area contributed by atoms with Gasteiger partial charge in [0.1, 0.15) is 18.6 Å². The number of rotatable bonds is 16. The Morgan fingerprint density at radius 1 is 0.969 bits per heavy atom. The zero-order chi connectivity index (χ0) is 24.7. The smallest absolute Gasteiger partial charge is 0.322 e. The van der Waals surface area contributed by atoms with Crippen LogP contribution in [0.2, 0.25) is 0 Å². The van der Waals surface area contributed by atoms with Crippen molar-refractivity contribution in [2.45, 2.75) is 43.8 Å². The minimum atomic E-state index is -1.25. The average Bonchev–Trinajstić information content (AvgIpc) is 2.70. The molecule has 0 aliphatic carbocycles. The predicted octanol–water partition coefficient (Wildman–Crippen LogP) is -3.83. The molecule has 15 heteroatoms. The normalized spacial score (nSPS) is 13.2. The molecule has 0 rings (SSSR count). The minimum absolute atomic E-state index is 0.109. The zero-order valence-corrected chi connectivity index (χ0v) is 18.7. The molecule has 182 valence electrons. The first kappa shape index (κ1) is 28.9. The molecule has 0 radical (unpaired) electrons. The van der Waals surface area contributed by atoms with Crippen molar-refractivity contribution in [3.63, 3.8) is 0 Å². The summed E-state index contributed by atoms with van der Waals surface area (Å²) in [4.78, 5) is 62.9. The highest BCUT2D eigenvalue weighted by Gasteiger charge is 2.28. The van der Waals surface area contributed by atoms with E-state index in [1.165, 1.54) is 11.8 Å². The summed E-state index contributed by atoms with van der Waals surface area (Å²) in [6.45, 7) is -0.441. The number of carbonyl (C=O) groups is 5. The molecule has 0 aromatic carbocycles. The number of aliphatic imine (C=N–C) groups is 1. The van der Waals surface area contributed by atoms with Gasteiger partial charge in [0.25, 0.3) is 0 Å². The number of thioether (sulfide) groups is 1. The van der Waals surface area contributed by atoms with Crippen LogP contribution < -0.4 is 38.9 Å². The minimum Gasteiger partial charge on any atom is -0.480 e. The van der Waals surface area contributed by atoms with Crippen molar-refractivity contribution >= 4 is 47.3 Å². The van der Waals surface area contributed by atoms with E-state index in [2.05, 4.69) is 20.9 Å². The van der Waals surface area contributed by atoms with Gasteiger partial charge in [0.2, 0.25) is 23.6 Å². The lowest BCUT2D eigenvalue weighted by Crippen LogP contribution is -2.56. The van der Waals surface area contributed by atoms with Gasteiger partial charge in [-0.3, -0.25) is 29.0 Å². The molecule has 0 aliphatic heterocycles. The van der Waals surface area contributed by atoms with E-state index < -0.39 is 60.7 Å². The SMILES string of the molecule is CSCCC(NC(=O)C(N)CC(N)=O)C(=O)NC(CCCN=C(N)N)C(=O)NCC(=O)O. The Morgan fingerprint density at radius 2 is 1.56 bits per heavy atom. The molecular weight excluding hydrogens is 444 g/mol. The maximum atomic E-state index is 12.8. The van der Waals surface area contributed by atoms with Crippen LogP contribution >= 0.6 is 11.8 Å². The third-order valence-electron chi connectivity index (χ3n) is 3.99. The summed E-state index contributed by atoms with van der Waals surface area (Å²) in [5.41, 5.74) is 21.2. The number of aliphatic carboxylic acids is 1. The van der Waals surface area contributed by atoms with Crippen LogP contribution in [-0.2, 0) is 24.0 Å². The fourth-order valence-corrected chi connectivity index (χ4v) is 2.89. The first-order chi connectivity index (χ1) is 15.0. The van der Waals surface area contributed by atoms with E-state index in [0.29, 0.717) is 12.2 Å². The molecule has 4 amide bonds. The summed E-state index contributed by atoms with van der Waals surface area (Å²) in [7, 11) is 0. The lowest BCUT2D eigenvalue weighted by atomic mass is 10.1. The molecule has 0 aromatic rings. The van der Waals surface area contributed by atoms with E-state index in [9.17, 15) is 24.0 Å². The monoisotopic (exact) mass is 476 g/mol. The van der Waals surface area contributed by atoms with Crippen molar-refractivity contribution in [3.8, 4) is 0 Å². The standard InChI is InChI=1S/C17H32N8O6S/c1-32-6-4-11(24-14(29)9(18)7-12(19)26)16(31)25-10(3-2-5-22-17(20)21)15(30)23-8-13(27)28/h9-11H,2-8,18H2,1H3,(H2,19,26)(H,23,30)(H,24,29)(H,25,31)(H,27,28)(H4,20,21,22). The summed E-state index contributed by atoms with van der Waals surface area (Å²) in [6, 6.07) is -3.36. The highest BCUT2D eigenvalue weighted by Crippen LogP contribution is 2.05. The number of carboxylic acid groups (broad SMARTS) is 1. The molecule has 0 spiro atoms. The molecule has 32 heavy (non-hydrogen) atoms. The van der Waals surface area contributed by atoms with E-state index in [4.69, 9.17) is 28.0 Å². The Balaban J connectivity index is 5.28. The van der Waals surface area contributed by atoms with Crippen LogP contribution in [-0.4, -0.2) is 83.9 Å². The Bertz CT molecular complexity index is 701. The lowest BCUT2D eigenvalue weighted by molar-refractivity contribution is -0.138. The molecule has 0 fully saturated rings. The van der Waals surface area contributed by atoms with E-state index in [1.54, 1.807) is 6.26 Å². The van der Waals surface area contributed by atoms with Gasteiger partial charge in [-0.1, -0.05) is 0 Å². The molecule has 12 N–H and O–H groups in total. The summed E-state index contributed by atoms with van der Waals surface area (Å²) >= 11 is 1.43. The molecule has 3 unspecified atom stereocenters. The molecule has 0 saturated carbocycles. The lowest BCUT2D eigenvalue weighted by Gasteiger charge is -2.24. The number of nitrogens with one attached hydrogen (secondary N) is 3. The molecule has 0 heterocycles. The highest BCUT2D eigenvalue weighted by molar-refractivity contribution is 7.98.